The third-order valence-corrected chi connectivity index (χ3v) is 4.27. The van der Waals surface area contributed by atoms with Crippen LogP contribution in [-0.4, -0.2) is 16.9 Å². The minimum absolute atomic E-state index is 0.0211. The van der Waals surface area contributed by atoms with Crippen molar-refractivity contribution in [2.45, 2.75) is 39.2 Å². The molecule has 1 heterocycles. The monoisotopic (exact) mass is 238 g/mol. The standard InChI is InChI=1S/C12H18N2OS/c1-8-4-3-5-10(9(8)2)14-12(15)11-6-16-7-13-11/h6-10H,3-5H2,1-2H3,(H,14,15). The first kappa shape index (κ1) is 11.6. The van der Waals surface area contributed by atoms with Gasteiger partial charge in [-0.1, -0.05) is 26.7 Å². The Morgan fingerprint density at radius 1 is 1.50 bits per heavy atom. The van der Waals surface area contributed by atoms with Gasteiger partial charge >= 0.3 is 0 Å². The number of carbonyl (C=O) groups is 1. The highest BCUT2D eigenvalue weighted by atomic mass is 32.1. The van der Waals surface area contributed by atoms with E-state index >= 15 is 0 Å². The molecule has 1 aromatic heterocycles. The van der Waals surface area contributed by atoms with Crippen molar-refractivity contribution in [1.29, 1.82) is 0 Å². The van der Waals surface area contributed by atoms with Gasteiger partial charge in [0.25, 0.3) is 5.91 Å². The fourth-order valence-electron chi connectivity index (χ4n) is 2.35. The average molecular weight is 238 g/mol. The second kappa shape index (κ2) is 4.95. The Labute approximate surface area is 100 Å². The molecular formula is C12H18N2OS. The molecule has 3 atom stereocenters. The summed E-state index contributed by atoms with van der Waals surface area (Å²) in [5, 5.41) is 4.90. The van der Waals surface area contributed by atoms with E-state index in [-0.39, 0.29) is 5.91 Å². The highest BCUT2D eigenvalue weighted by molar-refractivity contribution is 7.07. The zero-order chi connectivity index (χ0) is 11.5. The number of thiazole rings is 1. The number of rotatable bonds is 2. The zero-order valence-corrected chi connectivity index (χ0v) is 10.6. The summed E-state index contributed by atoms with van der Waals surface area (Å²) in [6, 6.07) is 0.318. The van der Waals surface area contributed by atoms with Crippen LogP contribution in [0, 0.1) is 11.8 Å². The van der Waals surface area contributed by atoms with Crippen molar-refractivity contribution in [2.24, 2.45) is 11.8 Å². The molecule has 1 aliphatic carbocycles. The maximum atomic E-state index is 11.9. The Morgan fingerprint density at radius 3 is 3.00 bits per heavy atom. The van der Waals surface area contributed by atoms with Crippen LogP contribution < -0.4 is 5.32 Å². The number of hydrogen-bond donors (Lipinski definition) is 1. The van der Waals surface area contributed by atoms with Crippen LogP contribution in [0.15, 0.2) is 10.9 Å². The van der Waals surface area contributed by atoms with Crippen LogP contribution in [0.4, 0.5) is 0 Å². The van der Waals surface area contributed by atoms with Gasteiger partial charge in [-0.3, -0.25) is 4.79 Å². The predicted octanol–water partition coefficient (Wildman–Crippen LogP) is 2.70. The second-order valence-electron chi connectivity index (χ2n) is 4.72. The summed E-state index contributed by atoms with van der Waals surface area (Å²) in [5.41, 5.74) is 2.25. The highest BCUT2D eigenvalue weighted by Crippen LogP contribution is 2.29. The molecule has 0 saturated heterocycles. The Hall–Kier alpha value is -0.900. The van der Waals surface area contributed by atoms with E-state index in [9.17, 15) is 4.79 Å². The van der Waals surface area contributed by atoms with Gasteiger partial charge in [0.15, 0.2) is 0 Å². The zero-order valence-electron chi connectivity index (χ0n) is 9.77. The van der Waals surface area contributed by atoms with Gasteiger partial charge in [-0.2, -0.15) is 0 Å². The van der Waals surface area contributed by atoms with Crippen molar-refractivity contribution in [3.63, 3.8) is 0 Å². The molecule has 0 aromatic carbocycles. The van der Waals surface area contributed by atoms with Crippen LogP contribution in [0.5, 0.6) is 0 Å². The number of hydrogen-bond acceptors (Lipinski definition) is 3. The molecule has 1 N–H and O–H groups in total. The van der Waals surface area contributed by atoms with Crippen LogP contribution in [0.25, 0.3) is 0 Å². The van der Waals surface area contributed by atoms with E-state index < -0.39 is 0 Å². The summed E-state index contributed by atoms with van der Waals surface area (Å²) in [4.78, 5) is 15.9. The minimum Gasteiger partial charge on any atom is -0.348 e. The summed E-state index contributed by atoms with van der Waals surface area (Å²) < 4.78 is 0. The smallest absolute Gasteiger partial charge is 0.270 e. The van der Waals surface area contributed by atoms with E-state index in [0.29, 0.717) is 23.6 Å². The van der Waals surface area contributed by atoms with Crippen LogP contribution in [0.1, 0.15) is 43.6 Å². The number of nitrogens with one attached hydrogen (secondary N) is 1. The number of aromatic nitrogens is 1. The van der Waals surface area contributed by atoms with Crippen molar-refractivity contribution in [2.75, 3.05) is 0 Å². The van der Waals surface area contributed by atoms with Gasteiger partial charge in [0.2, 0.25) is 0 Å². The molecule has 3 unspecified atom stereocenters. The normalized spacial score (nSPS) is 30.0. The van der Waals surface area contributed by atoms with Crippen LogP contribution in [-0.2, 0) is 0 Å². The minimum atomic E-state index is -0.0211. The maximum Gasteiger partial charge on any atom is 0.270 e. The number of carbonyl (C=O) groups excluding carboxylic acids is 1. The van der Waals surface area contributed by atoms with Gasteiger partial charge in [0.05, 0.1) is 5.51 Å². The highest BCUT2D eigenvalue weighted by Gasteiger charge is 2.28. The lowest BCUT2D eigenvalue weighted by Crippen LogP contribution is -2.43. The predicted molar refractivity (Wildman–Crippen MR) is 65.5 cm³/mol. The van der Waals surface area contributed by atoms with Crippen LogP contribution >= 0.6 is 11.3 Å². The SMILES string of the molecule is CC1CCCC(NC(=O)c2cscn2)C1C. The number of amides is 1. The molecule has 1 fully saturated rings. The van der Waals surface area contributed by atoms with E-state index in [1.165, 1.54) is 24.2 Å². The summed E-state index contributed by atoms with van der Waals surface area (Å²) in [6.07, 6.45) is 3.60. The second-order valence-corrected chi connectivity index (χ2v) is 5.44. The summed E-state index contributed by atoms with van der Waals surface area (Å²) >= 11 is 1.46. The molecular weight excluding hydrogens is 220 g/mol. The molecule has 1 saturated carbocycles. The van der Waals surface area contributed by atoms with Gasteiger partial charge < -0.3 is 5.32 Å². The third kappa shape index (κ3) is 2.43. The molecule has 3 nitrogen and oxygen atoms in total. The molecule has 1 aliphatic rings. The molecule has 88 valence electrons. The summed E-state index contributed by atoms with van der Waals surface area (Å²) in [6.45, 7) is 4.50. The molecule has 2 rings (SSSR count). The van der Waals surface area contributed by atoms with Crippen molar-refractivity contribution in [1.82, 2.24) is 10.3 Å². The van der Waals surface area contributed by atoms with Crippen molar-refractivity contribution in [3.05, 3.63) is 16.6 Å². The summed E-state index contributed by atoms with van der Waals surface area (Å²) in [7, 11) is 0. The molecule has 0 bridgehead atoms. The lowest BCUT2D eigenvalue weighted by molar-refractivity contribution is 0.0886. The van der Waals surface area contributed by atoms with Gasteiger partial charge in [0.1, 0.15) is 5.69 Å². The first-order chi connectivity index (χ1) is 7.68. The largest absolute Gasteiger partial charge is 0.348 e. The average Bonchev–Trinajstić information content (AvgIpc) is 2.78. The van der Waals surface area contributed by atoms with Gasteiger partial charge in [-0.25, -0.2) is 4.98 Å². The van der Waals surface area contributed by atoms with Gasteiger partial charge in [-0.15, -0.1) is 11.3 Å². The van der Waals surface area contributed by atoms with E-state index in [1.54, 1.807) is 10.9 Å². The molecule has 1 aromatic rings. The van der Waals surface area contributed by atoms with Gasteiger partial charge in [0, 0.05) is 11.4 Å². The Bertz CT molecular complexity index is 350. The maximum absolute atomic E-state index is 11.9. The van der Waals surface area contributed by atoms with E-state index in [0.717, 1.165) is 6.42 Å². The van der Waals surface area contributed by atoms with E-state index in [4.69, 9.17) is 0 Å². The van der Waals surface area contributed by atoms with E-state index in [1.807, 2.05) is 0 Å². The molecule has 0 radical (unpaired) electrons. The van der Waals surface area contributed by atoms with Gasteiger partial charge in [-0.05, 0) is 18.3 Å². The van der Waals surface area contributed by atoms with Crippen LogP contribution in [0.3, 0.4) is 0 Å². The molecule has 1 amide bonds. The topological polar surface area (TPSA) is 42.0 Å². The Kier molecular flexibility index (Phi) is 3.59. The first-order valence-electron chi connectivity index (χ1n) is 5.87. The molecule has 0 spiro atoms. The van der Waals surface area contributed by atoms with Crippen molar-refractivity contribution < 1.29 is 4.79 Å². The lowest BCUT2D eigenvalue weighted by Gasteiger charge is -2.34. The quantitative estimate of drug-likeness (QED) is 0.860. The Balaban J connectivity index is 1.96. The molecule has 4 heteroatoms. The fourth-order valence-corrected chi connectivity index (χ4v) is 2.88. The number of nitrogens with zero attached hydrogens (tertiary/aromatic N) is 1. The van der Waals surface area contributed by atoms with E-state index in [2.05, 4.69) is 24.1 Å². The first-order valence-corrected chi connectivity index (χ1v) is 6.82. The van der Waals surface area contributed by atoms with Crippen LogP contribution in [0.2, 0.25) is 0 Å². The lowest BCUT2D eigenvalue weighted by atomic mass is 9.78. The fraction of sp³-hybridized carbons (Fsp3) is 0.667. The third-order valence-electron chi connectivity index (χ3n) is 3.69. The molecule has 16 heavy (non-hydrogen) atoms. The summed E-state index contributed by atoms with van der Waals surface area (Å²) in [5.74, 6) is 1.25. The van der Waals surface area contributed by atoms with Crippen molar-refractivity contribution >= 4 is 17.2 Å². The molecule has 0 aliphatic heterocycles. The van der Waals surface area contributed by atoms with Crippen molar-refractivity contribution in [3.8, 4) is 0 Å². The Morgan fingerprint density at radius 2 is 2.31 bits per heavy atom.